The number of morpholine rings is 1. The largest absolute Gasteiger partial charge is 0.489 e. The lowest BCUT2D eigenvalue weighted by Gasteiger charge is -2.30. The molecule has 0 radical (unpaired) electrons. The maximum atomic E-state index is 13.2. The van der Waals surface area contributed by atoms with Gasteiger partial charge in [-0.05, 0) is 49.7 Å². The summed E-state index contributed by atoms with van der Waals surface area (Å²) < 4.78 is 11.5. The van der Waals surface area contributed by atoms with E-state index >= 15 is 0 Å². The highest BCUT2D eigenvalue weighted by Gasteiger charge is 2.20. The van der Waals surface area contributed by atoms with Crippen LogP contribution in [0.4, 0.5) is 11.5 Å². The van der Waals surface area contributed by atoms with E-state index in [1.165, 1.54) is 0 Å². The molecule has 0 bridgehead atoms. The molecule has 190 valence electrons. The number of Topliss-reactive ketones (excluding diaryl/α,β-unsaturated/α-hetero) is 1. The molecule has 1 aromatic carbocycles. The summed E-state index contributed by atoms with van der Waals surface area (Å²) in [7, 11) is 0. The Hall–Kier alpha value is -3.56. The van der Waals surface area contributed by atoms with Crippen molar-refractivity contribution in [1.82, 2.24) is 20.3 Å². The number of ether oxygens (including phenoxy) is 2. The van der Waals surface area contributed by atoms with Crippen molar-refractivity contribution in [2.75, 3.05) is 50.0 Å². The number of carbonyl (C=O) groups is 1. The summed E-state index contributed by atoms with van der Waals surface area (Å²) in [4.78, 5) is 28.5. The molecule has 3 N–H and O–H groups in total. The number of nitrogens with zero attached hydrogens (tertiary/aromatic N) is 4. The predicted molar refractivity (Wildman–Crippen MR) is 140 cm³/mol. The molecule has 0 aliphatic carbocycles. The van der Waals surface area contributed by atoms with Crippen LogP contribution in [0.2, 0.25) is 0 Å². The van der Waals surface area contributed by atoms with Crippen LogP contribution in [0.25, 0.3) is 11.3 Å². The van der Waals surface area contributed by atoms with Crippen LogP contribution in [-0.4, -0.2) is 66.2 Å². The normalized spacial score (nSPS) is 17.8. The number of pyridine rings is 1. The second-order valence-electron chi connectivity index (χ2n) is 8.80. The first-order valence-corrected chi connectivity index (χ1v) is 12.1. The maximum absolute atomic E-state index is 13.2. The highest BCUT2D eigenvalue weighted by Crippen LogP contribution is 2.25. The van der Waals surface area contributed by atoms with Crippen LogP contribution in [-0.2, 0) is 11.2 Å². The molecule has 0 amide bonds. The zero-order chi connectivity index (χ0) is 24.0. The Morgan fingerprint density at radius 1 is 1.17 bits per heavy atom. The number of ketones is 1. The third-order valence-corrected chi connectivity index (χ3v) is 6.35. The smallest absolute Gasteiger partial charge is 0.189 e. The number of hydrogen-bond acceptors (Lipinski definition) is 9. The van der Waals surface area contributed by atoms with Crippen molar-refractivity contribution < 1.29 is 14.3 Å². The van der Waals surface area contributed by atoms with Crippen LogP contribution < -0.4 is 20.7 Å². The first-order valence-electron chi connectivity index (χ1n) is 12.1. The molecule has 0 saturated carbocycles. The van der Waals surface area contributed by atoms with Crippen LogP contribution in [0.3, 0.4) is 0 Å². The topological polar surface area (TPSA) is 115 Å². The van der Waals surface area contributed by atoms with E-state index in [0.29, 0.717) is 18.9 Å². The summed E-state index contributed by atoms with van der Waals surface area (Å²) in [5.41, 5.74) is 9.50. The van der Waals surface area contributed by atoms with E-state index in [-0.39, 0.29) is 37.2 Å². The van der Waals surface area contributed by atoms with Crippen LogP contribution in [0.15, 0.2) is 48.9 Å². The van der Waals surface area contributed by atoms with Crippen molar-refractivity contribution >= 4 is 17.3 Å². The molecule has 0 spiro atoms. The number of anilines is 2. The van der Waals surface area contributed by atoms with Gasteiger partial charge in [0.25, 0.3) is 0 Å². The Morgan fingerprint density at radius 3 is 2.72 bits per heavy atom. The molecule has 1 atom stereocenters. The van der Waals surface area contributed by atoms with Crippen molar-refractivity contribution in [3.8, 4) is 17.0 Å². The quantitative estimate of drug-likeness (QED) is 0.482. The number of carbonyl (C=O) groups excluding carboxylic acids is 1. The lowest BCUT2D eigenvalue weighted by molar-refractivity contribution is 0.0988. The van der Waals surface area contributed by atoms with Crippen LogP contribution in [0, 0.1) is 0 Å². The van der Waals surface area contributed by atoms with Crippen LogP contribution >= 0.6 is 0 Å². The van der Waals surface area contributed by atoms with Gasteiger partial charge in [-0.1, -0.05) is 7.43 Å². The number of nitrogens with two attached hydrogens (primary N) is 1. The average molecular weight is 491 g/mol. The van der Waals surface area contributed by atoms with E-state index in [1.807, 2.05) is 30.3 Å². The van der Waals surface area contributed by atoms with Gasteiger partial charge in [0, 0.05) is 55.3 Å². The number of nitrogens with one attached hydrogen (secondary N) is 1. The molecular weight excluding hydrogens is 456 g/mol. The number of rotatable bonds is 7. The summed E-state index contributed by atoms with van der Waals surface area (Å²) in [5, 5.41) is 3.35. The van der Waals surface area contributed by atoms with Gasteiger partial charge in [0.05, 0.1) is 25.1 Å². The van der Waals surface area contributed by atoms with Crippen molar-refractivity contribution in [1.29, 1.82) is 0 Å². The number of aromatic nitrogens is 3. The minimum atomic E-state index is -0.191. The Morgan fingerprint density at radius 2 is 1.97 bits per heavy atom. The number of nitrogen functional groups attached to an aromatic ring is 1. The number of piperidine rings is 1. The Kier molecular flexibility index (Phi) is 8.45. The van der Waals surface area contributed by atoms with Gasteiger partial charge in [0.2, 0.25) is 0 Å². The predicted octanol–water partition coefficient (Wildman–Crippen LogP) is 3.15. The van der Waals surface area contributed by atoms with Crippen LogP contribution in [0.5, 0.6) is 5.75 Å². The summed E-state index contributed by atoms with van der Waals surface area (Å²) in [5.74, 6) is 0.749. The van der Waals surface area contributed by atoms with Gasteiger partial charge in [-0.15, -0.1) is 0 Å². The molecule has 5 rings (SSSR count). The van der Waals surface area contributed by atoms with E-state index in [1.54, 1.807) is 18.6 Å². The fourth-order valence-electron chi connectivity index (χ4n) is 4.49. The first kappa shape index (κ1) is 25.5. The maximum Gasteiger partial charge on any atom is 0.189 e. The summed E-state index contributed by atoms with van der Waals surface area (Å²) in [6.07, 6.45) is 7.57. The Bertz CT molecular complexity index is 1160. The molecular formula is C27H34N6O3. The fourth-order valence-corrected chi connectivity index (χ4v) is 4.49. The molecule has 3 aromatic rings. The van der Waals surface area contributed by atoms with Gasteiger partial charge in [-0.2, -0.15) is 0 Å². The number of hydrogen-bond donors (Lipinski definition) is 2. The summed E-state index contributed by atoms with van der Waals surface area (Å²) in [6, 6.07) is 9.64. The average Bonchev–Trinajstić information content (AvgIpc) is 2.91. The monoisotopic (exact) mass is 490 g/mol. The minimum Gasteiger partial charge on any atom is -0.489 e. The van der Waals surface area contributed by atoms with Crippen molar-refractivity contribution in [2.45, 2.75) is 32.8 Å². The second kappa shape index (κ2) is 11.9. The fraction of sp³-hybridized carbons (Fsp3) is 0.407. The van der Waals surface area contributed by atoms with Crippen molar-refractivity contribution in [2.24, 2.45) is 0 Å². The Balaban J connectivity index is 0.00000304. The van der Waals surface area contributed by atoms with Gasteiger partial charge < -0.3 is 25.4 Å². The van der Waals surface area contributed by atoms with E-state index in [9.17, 15) is 4.79 Å². The minimum absolute atomic E-state index is 0. The van der Waals surface area contributed by atoms with E-state index < -0.39 is 0 Å². The first-order chi connectivity index (χ1) is 17.2. The van der Waals surface area contributed by atoms with Gasteiger partial charge in [0.15, 0.2) is 11.6 Å². The summed E-state index contributed by atoms with van der Waals surface area (Å²) >= 11 is 0. The molecule has 2 fully saturated rings. The third-order valence-electron chi connectivity index (χ3n) is 6.35. The lowest BCUT2D eigenvalue weighted by atomic mass is 10.1. The van der Waals surface area contributed by atoms with Gasteiger partial charge in [0.1, 0.15) is 17.5 Å². The SMILES string of the molecule is C.Nc1ncc(-c2ccc(O[C@@H]3CCCNC3)cc2)nc1C(=O)Cc1cnccc1N1CCOCC1. The van der Waals surface area contributed by atoms with Gasteiger partial charge in [-0.3, -0.25) is 9.78 Å². The van der Waals surface area contributed by atoms with E-state index in [2.05, 4.69) is 25.2 Å². The van der Waals surface area contributed by atoms with E-state index in [4.69, 9.17) is 15.2 Å². The second-order valence-corrected chi connectivity index (χ2v) is 8.80. The molecule has 4 heterocycles. The van der Waals surface area contributed by atoms with Crippen molar-refractivity contribution in [3.05, 3.63) is 60.2 Å². The molecule has 9 nitrogen and oxygen atoms in total. The highest BCUT2D eigenvalue weighted by atomic mass is 16.5. The van der Waals surface area contributed by atoms with Crippen LogP contribution in [0.1, 0.15) is 36.3 Å². The molecule has 2 saturated heterocycles. The lowest BCUT2D eigenvalue weighted by Crippen LogP contribution is -2.37. The number of benzene rings is 1. The summed E-state index contributed by atoms with van der Waals surface area (Å²) in [6.45, 7) is 4.79. The highest BCUT2D eigenvalue weighted by molar-refractivity contribution is 6.00. The van der Waals surface area contributed by atoms with E-state index in [0.717, 1.165) is 61.6 Å². The molecule has 9 heteroatoms. The molecule has 2 aliphatic heterocycles. The van der Waals surface area contributed by atoms with Crippen molar-refractivity contribution in [3.63, 3.8) is 0 Å². The third kappa shape index (κ3) is 5.98. The molecule has 0 unspecified atom stereocenters. The zero-order valence-corrected chi connectivity index (χ0v) is 19.7. The standard InChI is InChI=1S/C26H30N6O3.CH4/c27-26-25(24(33)14-19-15-29-9-7-23(19)32-10-12-34-13-11-32)31-22(17-30-26)18-3-5-20(6-4-18)35-21-2-1-8-28-16-21;/h3-7,9,15,17,21,28H,1-2,8,10-14,16H2,(H2,27,30);1H4/t21-;/m1./s1. The van der Waals surface area contributed by atoms with Gasteiger partial charge in [-0.25, -0.2) is 9.97 Å². The molecule has 2 aromatic heterocycles. The zero-order valence-electron chi connectivity index (χ0n) is 19.7. The Labute approximate surface area is 212 Å². The molecule has 2 aliphatic rings. The molecule has 36 heavy (non-hydrogen) atoms. The van der Waals surface area contributed by atoms with Gasteiger partial charge >= 0.3 is 0 Å².